The number of carbonyl (C=O) groups is 2. The number of carboxylic acids is 1. The van der Waals surface area contributed by atoms with Crippen molar-refractivity contribution in [3.63, 3.8) is 0 Å². The molecule has 7 heteroatoms. The lowest BCUT2D eigenvalue weighted by atomic mass is 9.86. The number of carbonyl (C=O) groups excluding carboxylic acids is 1. The average Bonchev–Trinajstić information content (AvgIpc) is 2.56. The third-order valence-electron chi connectivity index (χ3n) is 4.12. The van der Waals surface area contributed by atoms with Gasteiger partial charge >= 0.3 is 5.97 Å². The Balaban J connectivity index is 1.82. The fourth-order valence-corrected chi connectivity index (χ4v) is 2.89. The number of carboxylic acid groups (broad SMARTS) is 1. The van der Waals surface area contributed by atoms with E-state index < -0.39 is 11.9 Å². The van der Waals surface area contributed by atoms with E-state index >= 15 is 0 Å². The second-order valence-electron chi connectivity index (χ2n) is 5.92. The fourth-order valence-electron chi connectivity index (χ4n) is 2.71. The van der Waals surface area contributed by atoms with Crippen molar-refractivity contribution >= 4 is 23.5 Å². The Kier molecular flexibility index (Phi) is 6.87. The van der Waals surface area contributed by atoms with Crippen molar-refractivity contribution in [2.24, 2.45) is 11.8 Å². The van der Waals surface area contributed by atoms with Crippen molar-refractivity contribution in [1.82, 2.24) is 5.32 Å². The molecule has 132 valence electrons. The summed E-state index contributed by atoms with van der Waals surface area (Å²) in [4.78, 5) is 23.4. The number of hydrogen-bond donors (Lipinski definition) is 2. The fraction of sp³-hybridized carbons (Fsp3) is 0.529. The Morgan fingerprint density at radius 1 is 1.42 bits per heavy atom. The monoisotopic (exact) mass is 355 g/mol. The van der Waals surface area contributed by atoms with Crippen LogP contribution in [-0.2, 0) is 14.3 Å². The predicted octanol–water partition coefficient (Wildman–Crippen LogP) is 2.27. The summed E-state index contributed by atoms with van der Waals surface area (Å²) in [5.41, 5.74) is 0.972. The van der Waals surface area contributed by atoms with Gasteiger partial charge in [-0.25, -0.2) is 0 Å². The molecule has 6 nitrogen and oxygen atoms in total. The zero-order valence-electron chi connectivity index (χ0n) is 13.6. The normalized spacial score (nSPS) is 16.4. The van der Waals surface area contributed by atoms with Gasteiger partial charge in [0.25, 0.3) is 5.91 Å². The molecule has 1 amide bonds. The highest BCUT2D eigenvalue weighted by molar-refractivity contribution is 6.32. The van der Waals surface area contributed by atoms with Crippen molar-refractivity contribution in [1.29, 1.82) is 0 Å². The molecule has 1 saturated heterocycles. The van der Waals surface area contributed by atoms with Gasteiger partial charge in [-0.3, -0.25) is 9.59 Å². The highest BCUT2D eigenvalue weighted by Crippen LogP contribution is 2.25. The molecule has 0 aromatic heterocycles. The van der Waals surface area contributed by atoms with Crippen LogP contribution in [0.4, 0.5) is 0 Å². The molecule has 24 heavy (non-hydrogen) atoms. The Bertz CT molecular complexity index is 586. The minimum absolute atomic E-state index is 0.0173. The third kappa shape index (κ3) is 5.39. The second kappa shape index (κ2) is 8.89. The summed E-state index contributed by atoms with van der Waals surface area (Å²) in [7, 11) is 0. The van der Waals surface area contributed by atoms with E-state index in [1.807, 2.05) is 13.0 Å². The molecular weight excluding hydrogens is 334 g/mol. The van der Waals surface area contributed by atoms with Crippen LogP contribution in [0.2, 0.25) is 5.02 Å². The van der Waals surface area contributed by atoms with Crippen LogP contribution in [0.25, 0.3) is 0 Å². The standard InChI is InChI=1S/C17H22ClNO5/c1-11-2-3-14(18)15(8-11)24-10-16(20)19-9-13(17(21)22)12-4-6-23-7-5-12/h2-3,8,12-13H,4-7,9-10H2,1H3,(H,19,20)(H,21,22). The smallest absolute Gasteiger partial charge is 0.308 e. The SMILES string of the molecule is Cc1ccc(Cl)c(OCC(=O)NCC(C(=O)O)C2CCOCC2)c1. The number of nitrogens with one attached hydrogen (secondary N) is 1. The zero-order chi connectivity index (χ0) is 17.5. The van der Waals surface area contributed by atoms with Gasteiger partial charge in [-0.05, 0) is 43.4 Å². The number of halogens is 1. The van der Waals surface area contributed by atoms with Crippen LogP contribution in [-0.4, -0.2) is 43.3 Å². The van der Waals surface area contributed by atoms with Gasteiger partial charge < -0.3 is 19.9 Å². The van der Waals surface area contributed by atoms with E-state index in [-0.39, 0.29) is 25.0 Å². The van der Waals surface area contributed by atoms with Crippen molar-refractivity contribution in [2.45, 2.75) is 19.8 Å². The maximum Gasteiger partial charge on any atom is 0.308 e. The molecule has 1 aliphatic rings. The summed E-state index contributed by atoms with van der Waals surface area (Å²) in [6, 6.07) is 5.30. The van der Waals surface area contributed by atoms with E-state index in [4.69, 9.17) is 21.1 Å². The summed E-state index contributed by atoms with van der Waals surface area (Å²) in [5, 5.41) is 12.4. The maximum absolute atomic E-state index is 11.9. The van der Waals surface area contributed by atoms with Crippen LogP contribution >= 0.6 is 11.6 Å². The average molecular weight is 356 g/mol. The number of hydrogen-bond acceptors (Lipinski definition) is 4. The van der Waals surface area contributed by atoms with Crippen LogP contribution in [0.5, 0.6) is 5.75 Å². The van der Waals surface area contributed by atoms with Gasteiger partial charge in [0.2, 0.25) is 0 Å². The lowest BCUT2D eigenvalue weighted by Gasteiger charge is -2.27. The quantitative estimate of drug-likeness (QED) is 0.783. The van der Waals surface area contributed by atoms with Crippen LogP contribution in [0.1, 0.15) is 18.4 Å². The molecule has 0 bridgehead atoms. The summed E-state index contributed by atoms with van der Waals surface area (Å²) >= 11 is 6.00. The summed E-state index contributed by atoms with van der Waals surface area (Å²) in [5.74, 6) is -1.43. The molecule has 2 N–H and O–H groups in total. The van der Waals surface area contributed by atoms with E-state index in [1.54, 1.807) is 12.1 Å². The minimum atomic E-state index is -0.898. The van der Waals surface area contributed by atoms with Crippen molar-refractivity contribution in [2.75, 3.05) is 26.4 Å². The number of rotatable bonds is 7. The van der Waals surface area contributed by atoms with E-state index in [1.165, 1.54) is 0 Å². The van der Waals surface area contributed by atoms with Crippen LogP contribution in [0, 0.1) is 18.8 Å². The van der Waals surface area contributed by atoms with E-state index in [0.717, 1.165) is 5.56 Å². The first kappa shape index (κ1) is 18.5. The molecule has 1 unspecified atom stereocenters. The topological polar surface area (TPSA) is 84.9 Å². The zero-order valence-corrected chi connectivity index (χ0v) is 14.3. The van der Waals surface area contributed by atoms with Gasteiger partial charge in [-0.2, -0.15) is 0 Å². The van der Waals surface area contributed by atoms with Crippen LogP contribution in [0.3, 0.4) is 0 Å². The highest BCUT2D eigenvalue weighted by Gasteiger charge is 2.30. The van der Waals surface area contributed by atoms with Crippen LogP contribution in [0.15, 0.2) is 18.2 Å². The molecule has 1 atom stereocenters. The number of aryl methyl sites for hydroxylation is 1. The van der Waals surface area contributed by atoms with Gasteiger partial charge in [-0.15, -0.1) is 0 Å². The first-order valence-electron chi connectivity index (χ1n) is 7.93. The Morgan fingerprint density at radius 2 is 2.12 bits per heavy atom. The minimum Gasteiger partial charge on any atom is -0.482 e. The third-order valence-corrected chi connectivity index (χ3v) is 4.43. The lowest BCUT2D eigenvalue weighted by Crippen LogP contribution is -2.40. The highest BCUT2D eigenvalue weighted by atomic mass is 35.5. The molecule has 1 aliphatic heterocycles. The molecule has 0 radical (unpaired) electrons. The number of ether oxygens (including phenoxy) is 2. The number of benzene rings is 1. The molecule has 0 aliphatic carbocycles. The second-order valence-corrected chi connectivity index (χ2v) is 6.33. The molecule has 1 aromatic rings. The first-order chi connectivity index (χ1) is 11.5. The van der Waals surface area contributed by atoms with Gasteiger partial charge in [0.05, 0.1) is 10.9 Å². The summed E-state index contributed by atoms with van der Waals surface area (Å²) < 4.78 is 10.7. The van der Waals surface area contributed by atoms with E-state index in [9.17, 15) is 14.7 Å². The van der Waals surface area contributed by atoms with Gasteiger partial charge in [0.1, 0.15) is 5.75 Å². The lowest BCUT2D eigenvalue weighted by molar-refractivity contribution is -0.145. The Labute approximate surface area is 146 Å². The maximum atomic E-state index is 11.9. The summed E-state index contributed by atoms with van der Waals surface area (Å²) in [6.45, 7) is 2.91. The van der Waals surface area contributed by atoms with E-state index in [2.05, 4.69) is 5.32 Å². The van der Waals surface area contributed by atoms with Crippen LogP contribution < -0.4 is 10.1 Å². The molecule has 0 spiro atoms. The van der Waals surface area contributed by atoms with Gasteiger partial charge in [0, 0.05) is 19.8 Å². The number of aliphatic carboxylic acids is 1. The molecule has 2 rings (SSSR count). The summed E-state index contributed by atoms with van der Waals surface area (Å²) in [6.07, 6.45) is 1.39. The molecule has 1 aromatic carbocycles. The van der Waals surface area contributed by atoms with Gasteiger partial charge in [-0.1, -0.05) is 17.7 Å². The predicted molar refractivity (Wildman–Crippen MR) is 89.4 cm³/mol. The molecule has 1 fully saturated rings. The Morgan fingerprint density at radius 3 is 2.79 bits per heavy atom. The van der Waals surface area contributed by atoms with E-state index in [0.29, 0.717) is 36.8 Å². The van der Waals surface area contributed by atoms with Crippen molar-refractivity contribution in [3.8, 4) is 5.75 Å². The first-order valence-corrected chi connectivity index (χ1v) is 8.31. The Hall–Kier alpha value is -1.79. The largest absolute Gasteiger partial charge is 0.482 e. The molecule has 0 saturated carbocycles. The van der Waals surface area contributed by atoms with Crippen molar-refractivity contribution in [3.05, 3.63) is 28.8 Å². The molecular formula is C17H22ClNO5. The number of amides is 1. The molecule has 1 heterocycles. The van der Waals surface area contributed by atoms with Gasteiger partial charge in [0.15, 0.2) is 6.61 Å². The van der Waals surface area contributed by atoms with Crippen molar-refractivity contribution < 1.29 is 24.2 Å².